The molecule has 0 saturated carbocycles. The first-order chi connectivity index (χ1) is 10.8. The van der Waals surface area contributed by atoms with E-state index in [1.165, 1.54) is 16.7 Å². The van der Waals surface area contributed by atoms with Crippen molar-refractivity contribution in [1.82, 2.24) is 9.13 Å². The Balaban J connectivity index is 2.99. The summed E-state index contributed by atoms with van der Waals surface area (Å²) in [5.74, 6) is -1.91. The number of rotatable bonds is 4. The topological polar surface area (TPSA) is 81.3 Å². The predicted octanol–water partition coefficient (Wildman–Crippen LogP) is 1.98. The van der Waals surface area contributed by atoms with E-state index >= 15 is 0 Å². The molecule has 0 bridgehead atoms. The number of hydrogen-bond acceptors (Lipinski definition) is 3. The van der Waals surface area contributed by atoms with Crippen LogP contribution in [0.3, 0.4) is 0 Å². The molecule has 0 fully saturated rings. The molecular formula is C16H17FN2O4. The number of hydrogen-bond donors (Lipinski definition) is 1. The Hall–Kier alpha value is -2.70. The van der Waals surface area contributed by atoms with Gasteiger partial charge in [-0.1, -0.05) is 6.92 Å². The van der Waals surface area contributed by atoms with Crippen LogP contribution in [-0.4, -0.2) is 20.2 Å². The van der Waals surface area contributed by atoms with Gasteiger partial charge in [0.1, 0.15) is 11.4 Å². The monoisotopic (exact) mass is 320 g/mol. The molecule has 0 atom stereocenters. The van der Waals surface area contributed by atoms with Crippen molar-refractivity contribution in [3.05, 3.63) is 62.2 Å². The van der Waals surface area contributed by atoms with Gasteiger partial charge in [0.05, 0.1) is 5.69 Å². The first-order valence-electron chi connectivity index (χ1n) is 7.19. The van der Waals surface area contributed by atoms with Crippen LogP contribution in [0, 0.1) is 5.82 Å². The van der Waals surface area contributed by atoms with Crippen molar-refractivity contribution in [2.75, 3.05) is 0 Å². The van der Waals surface area contributed by atoms with Gasteiger partial charge in [-0.25, -0.2) is 18.5 Å². The third-order valence-corrected chi connectivity index (χ3v) is 3.54. The molecule has 0 saturated heterocycles. The van der Waals surface area contributed by atoms with Crippen LogP contribution in [-0.2, 0) is 6.42 Å². The van der Waals surface area contributed by atoms with Crippen molar-refractivity contribution >= 4 is 5.97 Å². The predicted molar refractivity (Wildman–Crippen MR) is 83.0 cm³/mol. The highest BCUT2D eigenvalue weighted by molar-refractivity contribution is 5.88. The lowest BCUT2D eigenvalue weighted by molar-refractivity contribution is 0.0691. The second-order valence-electron chi connectivity index (χ2n) is 5.34. The Morgan fingerprint density at radius 1 is 1.22 bits per heavy atom. The first-order valence-corrected chi connectivity index (χ1v) is 7.19. The Labute approximate surface area is 131 Å². The molecule has 2 rings (SSSR count). The summed E-state index contributed by atoms with van der Waals surface area (Å²) in [6.45, 7) is 5.14. The second-order valence-corrected chi connectivity index (χ2v) is 5.34. The Bertz CT molecular complexity index is 863. The summed E-state index contributed by atoms with van der Waals surface area (Å²) < 4.78 is 15.1. The summed E-state index contributed by atoms with van der Waals surface area (Å²) in [6, 6.07) is 4.41. The van der Waals surface area contributed by atoms with Crippen LogP contribution in [0.25, 0.3) is 5.69 Å². The van der Waals surface area contributed by atoms with E-state index in [-0.39, 0.29) is 23.8 Å². The van der Waals surface area contributed by atoms with Crippen molar-refractivity contribution in [2.45, 2.75) is 33.2 Å². The number of carboxylic acids is 1. The van der Waals surface area contributed by atoms with Crippen LogP contribution in [0.1, 0.15) is 42.9 Å². The number of benzene rings is 1. The highest BCUT2D eigenvalue weighted by Gasteiger charge is 2.24. The molecule has 6 nitrogen and oxygen atoms in total. The smallest absolute Gasteiger partial charge is 0.343 e. The minimum atomic E-state index is -1.39. The second kappa shape index (κ2) is 6.20. The molecule has 1 N–H and O–H groups in total. The van der Waals surface area contributed by atoms with Crippen molar-refractivity contribution in [2.24, 2.45) is 0 Å². The number of nitrogens with zero attached hydrogens (tertiary/aromatic N) is 2. The quantitative estimate of drug-likeness (QED) is 0.934. The SMILES string of the molecule is CCc1c(C(=O)O)c(=O)n(-c2ccc(F)cc2)c(=O)n1C(C)C. The maximum absolute atomic E-state index is 13.1. The average Bonchev–Trinajstić information content (AvgIpc) is 2.47. The van der Waals surface area contributed by atoms with E-state index in [0.29, 0.717) is 0 Å². The molecule has 7 heteroatoms. The summed E-state index contributed by atoms with van der Waals surface area (Å²) in [5.41, 5.74) is -1.69. The summed E-state index contributed by atoms with van der Waals surface area (Å²) in [6.07, 6.45) is 0.231. The molecule has 0 unspecified atom stereocenters. The number of carbonyl (C=O) groups is 1. The first kappa shape index (κ1) is 16.7. The van der Waals surface area contributed by atoms with Crippen molar-refractivity contribution in [1.29, 1.82) is 0 Å². The third-order valence-electron chi connectivity index (χ3n) is 3.54. The standard InChI is InChI=1S/C16H17FN2O4/c1-4-12-13(15(21)22)14(20)19(16(23)18(12)9(2)3)11-7-5-10(17)6-8-11/h5-9H,4H2,1-3H3,(H,21,22). The molecule has 0 amide bonds. The van der Waals surface area contributed by atoms with Crippen molar-refractivity contribution in [3.63, 3.8) is 0 Å². The summed E-state index contributed by atoms with van der Waals surface area (Å²) >= 11 is 0. The number of aromatic nitrogens is 2. The van der Waals surface area contributed by atoms with Gasteiger partial charge in [-0.2, -0.15) is 0 Å². The van der Waals surface area contributed by atoms with Crippen LogP contribution in [0.2, 0.25) is 0 Å². The van der Waals surface area contributed by atoms with Crippen LogP contribution in [0.4, 0.5) is 4.39 Å². The van der Waals surface area contributed by atoms with E-state index < -0.39 is 28.6 Å². The molecule has 122 valence electrons. The Morgan fingerprint density at radius 3 is 2.22 bits per heavy atom. The van der Waals surface area contributed by atoms with Gasteiger partial charge in [0.15, 0.2) is 0 Å². The number of halogens is 1. The highest BCUT2D eigenvalue weighted by atomic mass is 19.1. The molecule has 23 heavy (non-hydrogen) atoms. The Morgan fingerprint density at radius 2 is 1.78 bits per heavy atom. The zero-order valence-corrected chi connectivity index (χ0v) is 13.0. The molecule has 1 aromatic carbocycles. The average molecular weight is 320 g/mol. The lowest BCUT2D eigenvalue weighted by atomic mass is 10.1. The number of aromatic carboxylic acids is 1. The molecule has 0 spiro atoms. The minimum Gasteiger partial charge on any atom is -0.477 e. The van der Waals surface area contributed by atoms with E-state index in [9.17, 15) is 23.9 Å². The largest absolute Gasteiger partial charge is 0.477 e. The van der Waals surface area contributed by atoms with Gasteiger partial charge in [-0.05, 0) is 44.5 Å². The van der Waals surface area contributed by atoms with Gasteiger partial charge in [0.2, 0.25) is 0 Å². The summed E-state index contributed by atoms with van der Waals surface area (Å²) in [4.78, 5) is 36.8. The van der Waals surface area contributed by atoms with Crippen molar-refractivity contribution in [3.8, 4) is 5.69 Å². The van der Waals surface area contributed by atoms with Gasteiger partial charge < -0.3 is 5.11 Å². The summed E-state index contributed by atoms with van der Waals surface area (Å²) in [7, 11) is 0. The fourth-order valence-corrected chi connectivity index (χ4v) is 2.58. The van der Waals surface area contributed by atoms with Crippen LogP contribution >= 0.6 is 0 Å². The lowest BCUT2D eigenvalue weighted by Gasteiger charge is -2.19. The normalized spacial score (nSPS) is 11.0. The van der Waals surface area contributed by atoms with Crippen LogP contribution in [0.5, 0.6) is 0 Å². The van der Waals surface area contributed by atoms with E-state index in [1.807, 2.05) is 0 Å². The van der Waals surface area contributed by atoms with Gasteiger partial charge in [-0.15, -0.1) is 0 Å². The number of carboxylic acid groups (broad SMARTS) is 1. The van der Waals surface area contributed by atoms with Gasteiger partial charge in [0.25, 0.3) is 5.56 Å². The maximum Gasteiger partial charge on any atom is 0.343 e. The molecule has 0 aliphatic carbocycles. The zero-order valence-electron chi connectivity index (χ0n) is 13.0. The third kappa shape index (κ3) is 2.81. The minimum absolute atomic E-state index is 0.126. The fourth-order valence-electron chi connectivity index (χ4n) is 2.58. The van der Waals surface area contributed by atoms with E-state index in [2.05, 4.69) is 0 Å². The highest BCUT2D eigenvalue weighted by Crippen LogP contribution is 2.12. The van der Waals surface area contributed by atoms with Crippen LogP contribution in [0.15, 0.2) is 33.9 Å². The van der Waals surface area contributed by atoms with E-state index in [0.717, 1.165) is 16.7 Å². The molecule has 0 radical (unpaired) electrons. The maximum atomic E-state index is 13.1. The zero-order chi connectivity index (χ0) is 17.3. The van der Waals surface area contributed by atoms with Crippen LogP contribution < -0.4 is 11.2 Å². The lowest BCUT2D eigenvalue weighted by Crippen LogP contribution is -2.44. The van der Waals surface area contributed by atoms with E-state index in [4.69, 9.17) is 0 Å². The molecule has 1 aromatic heterocycles. The molecular weight excluding hydrogens is 303 g/mol. The molecule has 0 aliphatic rings. The van der Waals surface area contributed by atoms with Gasteiger partial charge >= 0.3 is 11.7 Å². The van der Waals surface area contributed by atoms with Gasteiger partial charge in [-0.3, -0.25) is 9.36 Å². The molecule has 0 aliphatic heterocycles. The summed E-state index contributed by atoms with van der Waals surface area (Å²) in [5, 5.41) is 9.40. The Kier molecular flexibility index (Phi) is 4.49. The van der Waals surface area contributed by atoms with E-state index in [1.54, 1.807) is 20.8 Å². The van der Waals surface area contributed by atoms with Gasteiger partial charge in [0, 0.05) is 11.7 Å². The van der Waals surface area contributed by atoms with Crippen molar-refractivity contribution < 1.29 is 14.3 Å². The molecule has 1 heterocycles. The molecule has 2 aromatic rings. The fraction of sp³-hybridized carbons (Fsp3) is 0.312.